The van der Waals surface area contributed by atoms with Gasteiger partial charge in [0.1, 0.15) is 5.75 Å². The first kappa shape index (κ1) is 13.9. The molecule has 2 aromatic rings. The van der Waals surface area contributed by atoms with E-state index in [0.29, 0.717) is 22.8 Å². The lowest BCUT2D eigenvalue weighted by Crippen LogP contribution is -2.04. The summed E-state index contributed by atoms with van der Waals surface area (Å²) < 4.78 is 11.0. The maximum Gasteiger partial charge on any atom is 0.169 e. The van der Waals surface area contributed by atoms with Gasteiger partial charge in [0.25, 0.3) is 0 Å². The van der Waals surface area contributed by atoms with Crippen molar-refractivity contribution in [2.75, 3.05) is 7.11 Å². The fraction of sp³-hybridized carbons (Fsp3) is 0.188. The summed E-state index contributed by atoms with van der Waals surface area (Å²) >= 11 is 0. The van der Waals surface area contributed by atoms with E-state index < -0.39 is 0 Å². The van der Waals surface area contributed by atoms with Crippen molar-refractivity contribution in [3.05, 3.63) is 53.6 Å². The van der Waals surface area contributed by atoms with Gasteiger partial charge in [-0.2, -0.15) is 5.26 Å². The number of rotatable bonds is 4. The highest BCUT2D eigenvalue weighted by atomic mass is 16.5. The topological polar surface area (TPSA) is 68.3 Å². The Morgan fingerprint density at radius 3 is 2.35 bits per heavy atom. The van der Waals surface area contributed by atoms with Crippen molar-refractivity contribution in [2.45, 2.75) is 13.0 Å². The van der Waals surface area contributed by atoms with Crippen molar-refractivity contribution >= 4 is 0 Å². The lowest BCUT2D eigenvalue weighted by molar-refractivity contribution is 0.378. The van der Waals surface area contributed by atoms with Crippen molar-refractivity contribution in [1.29, 1.82) is 5.26 Å². The normalized spacial score (nSPS) is 11.5. The molecular weight excluding hydrogens is 252 g/mol. The number of hydrogen-bond acceptors (Lipinski definition) is 4. The molecule has 102 valence electrons. The molecule has 0 radical (unpaired) electrons. The highest BCUT2D eigenvalue weighted by molar-refractivity contribution is 5.48. The molecule has 1 unspecified atom stereocenters. The molecule has 0 saturated carbocycles. The van der Waals surface area contributed by atoms with Gasteiger partial charge in [-0.05, 0) is 36.8 Å². The summed E-state index contributed by atoms with van der Waals surface area (Å²) in [5.74, 6) is 1.79. The van der Waals surface area contributed by atoms with Crippen molar-refractivity contribution in [3.63, 3.8) is 0 Å². The number of nitriles is 1. The number of hydrogen-bond donors (Lipinski definition) is 1. The SMILES string of the molecule is COc1cc(C#N)ccc1Oc1ccc(C(C)N)cc1. The van der Waals surface area contributed by atoms with Gasteiger partial charge in [0.2, 0.25) is 0 Å². The summed E-state index contributed by atoms with van der Waals surface area (Å²) in [5.41, 5.74) is 7.38. The van der Waals surface area contributed by atoms with Crippen LogP contribution in [0.4, 0.5) is 0 Å². The van der Waals surface area contributed by atoms with Gasteiger partial charge in [-0.15, -0.1) is 0 Å². The first-order valence-electron chi connectivity index (χ1n) is 6.25. The van der Waals surface area contributed by atoms with E-state index in [2.05, 4.69) is 6.07 Å². The van der Waals surface area contributed by atoms with Crippen LogP contribution in [0.1, 0.15) is 24.1 Å². The van der Waals surface area contributed by atoms with E-state index in [0.717, 1.165) is 5.56 Å². The van der Waals surface area contributed by atoms with E-state index in [1.807, 2.05) is 31.2 Å². The zero-order chi connectivity index (χ0) is 14.5. The molecule has 0 spiro atoms. The first-order chi connectivity index (χ1) is 9.63. The second kappa shape index (κ2) is 6.09. The predicted octanol–water partition coefficient (Wildman–Crippen LogP) is 3.38. The van der Waals surface area contributed by atoms with E-state index in [-0.39, 0.29) is 6.04 Å². The molecule has 0 aliphatic rings. The van der Waals surface area contributed by atoms with Gasteiger partial charge in [0.15, 0.2) is 11.5 Å². The quantitative estimate of drug-likeness (QED) is 0.923. The molecule has 0 aliphatic heterocycles. The molecule has 4 nitrogen and oxygen atoms in total. The van der Waals surface area contributed by atoms with Crippen LogP contribution in [0.25, 0.3) is 0 Å². The highest BCUT2D eigenvalue weighted by Gasteiger charge is 2.07. The Kier molecular flexibility index (Phi) is 4.24. The second-order valence-electron chi connectivity index (χ2n) is 4.44. The Labute approximate surface area is 118 Å². The monoisotopic (exact) mass is 268 g/mol. The number of nitrogens with zero attached hydrogens (tertiary/aromatic N) is 1. The van der Waals surface area contributed by atoms with Crippen LogP contribution in [-0.2, 0) is 0 Å². The Bertz CT molecular complexity index is 628. The third kappa shape index (κ3) is 3.08. The van der Waals surface area contributed by atoms with Crippen LogP contribution in [0.5, 0.6) is 17.2 Å². The molecule has 2 N–H and O–H groups in total. The molecule has 0 fully saturated rings. The number of nitrogens with two attached hydrogens (primary N) is 1. The van der Waals surface area contributed by atoms with E-state index in [1.165, 1.54) is 0 Å². The standard InChI is InChI=1S/C16H16N2O2/c1-11(18)13-4-6-14(7-5-13)20-15-8-3-12(10-17)9-16(15)19-2/h3-9,11H,18H2,1-2H3. The fourth-order valence-electron chi connectivity index (χ4n) is 1.79. The Hall–Kier alpha value is -2.51. The van der Waals surface area contributed by atoms with Crippen molar-refractivity contribution < 1.29 is 9.47 Å². The molecule has 0 amide bonds. The van der Waals surface area contributed by atoms with Crippen LogP contribution in [-0.4, -0.2) is 7.11 Å². The van der Waals surface area contributed by atoms with Crippen LogP contribution < -0.4 is 15.2 Å². The van der Waals surface area contributed by atoms with E-state index in [9.17, 15) is 0 Å². The van der Waals surface area contributed by atoms with Gasteiger partial charge < -0.3 is 15.2 Å². The molecule has 2 rings (SSSR count). The van der Waals surface area contributed by atoms with Gasteiger partial charge in [-0.1, -0.05) is 12.1 Å². The number of benzene rings is 2. The van der Waals surface area contributed by atoms with Gasteiger partial charge in [0, 0.05) is 12.1 Å². The summed E-state index contributed by atoms with van der Waals surface area (Å²) in [6.07, 6.45) is 0. The van der Waals surface area contributed by atoms with Crippen molar-refractivity contribution in [3.8, 4) is 23.3 Å². The van der Waals surface area contributed by atoms with Crippen molar-refractivity contribution in [2.24, 2.45) is 5.73 Å². The van der Waals surface area contributed by atoms with Gasteiger partial charge in [-0.3, -0.25) is 0 Å². The molecule has 20 heavy (non-hydrogen) atoms. The molecule has 0 aliphatic carbocycles. The van der Waals surface area contributed by atoms with Crippen LogP contribution in [0.2, 0.25) is 0 Å². The Balaban J connectivity index is 2.23. The van der Waals surface area contributed by atoms with Gasteiger partial charge in [0.05, 0.1) is 18.7 Å². The molecule has 4 heteroatoms. The minimum absolute atomic E-state index is 0.00602. The minimum atomic E-state index is -0.00602. The average molecular weight is 268 g/mol. The van der Waals surface area contributed by atoms with Gasteiger partial charge >= 0.3 is 0 Å². The van der Waals surface area contributed by atoms with Crippen LogP contribution in [0, 0.1) is 11.3 Å². The summed E-state index contributed by atoms with van der Waals surface area (Å²) in [7, 11) is 1.54. The van der Waals surface area contributed by atoms with Crippen LogP contribution in [0.3, 0.4) is 0 Å². The first-order valence-corrected chi connectivity index (χ1v) is 6.25. The molecule has 0 aromatic heterocycles. The Morgan fingerprint density at radius 2 is 1.80 bits per heavy atom. The van der Waals surface area contributed by atoms with Crippen LogP contribution >= 0.6 is 0 Å². The number of ether oxygens (including phenoxy) is 2. The van der Waals surface area contributed by atoms with E-state index in [4.69, 9.17) is 20.5 Å². The summed E-state index contributed by atoms with van der Waals surface area (Å²) in [4.78, 5) is 0. The summed E-state index contributed by atoms with van der Waals surface area (Å²) in [5, 5.41) is 8.86. The molecule has 1 atom stereocenters. The second-order valence-corrected chi connectivity index (χ2v) is 4.44. The molecular formula is C16H16N2O2. The van der Waals surface area contributed by atoms with E-state index >= 15 is 0 Å². The lowest BCUT2D eigenvalue weighted by atomic mass is 10.1. The molecule has 2 aromatic carbocycles. The zero-order valence-electron chi connectivity index (χ0n) is 11.5. The Morgan fingerprint density at radius 1 is 1.10 bits per heavy atom. The third-order valence-electron chi connectivity index (χ3n) is 2.93. The predicted molar refractivity (Wildman–Crippen MR) is 76.8 cm³/mol. The third-order valence-corrected chi connectivity index (χ3v) is 2.93. The summed E-state index contributed by atoms with van der Waals surface area (Å²) in [6.45, 7) is 1.93. The summed E-state index contributed by atoms with van der Waals surface area (Å²) in [6, 6.07) is 14.7. The van der Waals surface area contributed by atoms with Crippen molar-refractivity contribution in [1.82, 2.24) is 0 Å². The smallest absolute Gasteiger partial charge is 0.169 e. The van der Waals surface area contributed by atoms with Gasteiger partial charge in [-0.25, -0.2) is 0 Å². The highest BCUT2D eigenvalue weighted by Crippen LogP contribution is 2.32. The molecule has 0 saturated heterocycles. The zero-order valence-corrected chi connectivity index (χ0v) is 11.5. The largest absolute Gasteiger partial charge is 0.493 e. The van der Waals surface area contributed by atoms with E-state index in [1.54, 1.807) is 25.3 Å². The lowest BCUT2D eigenvalue weighted by Gasteiger charge is -2.11. The molecule has 0 heterocycles. The van der Waals surface area contributed by atoms with Crippen LogP contribution in [0.15, 0.2) is 42.5 Å². The average Bonchev–Trinajstić information content (AvgIpc) is 2.48. The minimum Gasteiger partial charge on any atom is -0.493 e. The fourth-order valence-corrected chi connectivity index (χ4v) is 1.79. The number of methoxy groups -OCH3 is 1. The molecule has 0 bridgehead atoms. The maximum atomic E-state index is 8.86. The maximum absolute atomic E-state index is 8.86.